The van der Waals surface area contributed by atoms with Crippen LogP contribution in [0.4, 0.5) is 0 Å². The summed E-state index contributed by atoms with van der Waals surface area (Å²) >= 11 is 2.95. The molecule has 24 heavy (non-hydrogen) atoms. The summed E-state index contributed by atoms with van der Waals surface area (Å²) in [4.78, 5) is 14.3. The van der Waals surface area contributed by atoms with Crippen LogP contribution in [-0.4, -0.2) is 26.3 Å². The molecule has 0 N–H and O–H groups in total. The highest BCUT2D eigenvalue weighted by Gasteiger charge is 2.18. The van der Waals surface area contributed by atoms with E-state index in [1.165, 1.54) is 23.1 Å². The first kappa shape index (κ1) is 17.0. The molecule has 0 radical (unpaired) electrons. The Bertz CT molecular complexity index is 819. The quantitative estimate of drug-likeness (QED) is 0.461. The Morgan fingerprint density at radius 3 is 2.79 bits per heavy atom. The number of rotatable bonds is 7. The van der Waals surface area contributed by atoms with E-state index in [4.69, 9.17) is 4.42 Å². The zero-order valence-electron chi connectivity index (χ0n) is 13.9. The summed E-state index contributed by atoms with van der Waals surface area (Å²) in [6.45, 7) is 6.74. The molecule has 3 heterocycles. The first-order valence-corrected chi connectivity index (χ1v) is 9.52. The van der Waals surface area contributed by atoms with E-state index in [2.05, 4.69) is 24.0 Å². The summed E-state index contributed by atoms with van der Waals surface area (Å²) in [6.07, 6.45) is 1.66. The number of ketones is 1. The average Bonchev–Trinajstić information content (AvgIpc) is 3.26. The Labute approximate surface area is 149 Å². The Morgan fingerprint density at radius 1 is 1.33 bits per heavy atom. The van der Waals surface area contributed by atoms with E-state index in [9.17, 15) is 4.79 Å². The van der Waals surface area contributed by atoms with Crippen LogP contribution in [0.2, 0.25) is 0 Å². The maximum absolute atomic E-state index is 12.3. The fourth-order valence-corrected chi connectivity index (χ4v) is 4.05. The van der Waals surface area contributed by atoms with E-state index in [1.54, 1.807) is 6.26 Å². The van der Waals surface area contributed by atoms with Gasteiger partial charge in [0.05, 0.1) is 23.4 Å². The topological polar surface area (TPSA) is 60.9 Å². The van der Waals surface area contributed by atoms with Gasteiger partial charge in [0, 0.05) is 10.8 Å². The van der Waals surface area contributed by atoms with Crippen LogP contribution in [0, 0.1) is 6.92 Å². The van der Waals surface area contributed by atoms with Gasteiger partial charge in [-0.3, -0.25) is 9.36 Å². The van der Waals surface area contributed by atoms with Gasteiger partial charge in [-0.1, -0.05) is 25.6 Å². The summed E-state index contributed by atoms with van der Waals surface area (Å²) in [5, 5.41) is 9.31. The lowest BCUT2D eigenvalue weighted by atomic mass is 10.2. The number of nitrogens with zero attached hydrogens (tertiary/aromatic N) is 3. The average molecular weight is 361 g/mol. The number of aryl methyl sites for hydroxylation is 1. The van der Waals surface area contributed by atoms with Gasteiger partial charge in [0.25, 0.3) is 0 Å². The minimum atomic E-state index is 0.122. The number of thioether (sulfide) groups is 1. The van der Waals surface area contributed by atoms with Crippen molar-refractivity contribution in [3.8, 4) is 0 Å². The highest BCUT2D eigenvalue weighted by atomic mass is 32.2. The standard InChI is InChI=1S/C17H19N3O2S2/c1-11(2)16-18-19-17(20(16)9-13-5-4-8-22-13)23-10-14(21)15-7-6-12(3)24-15/h4-8,11H,9-10H2,1-3H3. The van der Waals surface area contributed by atoms with Gasteiger partial charge in [-0.15, -0.1) is 21.5 Å². The molecule has 0 saturated heterocycles. The highest BCUT2D eigenvalue weighted by molar-refractivity contribution is 7.99. The largest absolute Gasteiger partial charge is 0.467 e. The van der Waals surface area contributed by atoms with E-state index >= 15 is 0 Å². The van der Waals surface area contributed by atoms with Crippen molar-refractivity contribution in [1.29, 1.82) is 0 Å². The second kappa shape index (κ2) is 7.36. The Kier molecular flexibility index (Phi) is 5.20. The third-order valence-electron chi connectivity index (χ3n) is 3.50. The van der Waals surface area contributed by atoms with E-state index in [1.807, 2.05) is 35.8 Å². The molecule has 5 nitrogen and oxygen atoms in total. The van der Waals surface area contributed by atoms with Crippen molar-refractivity contribution in [1.82, 2.24) is 14.8 Å². The summed E-state index contributed by atoms with van der Waals surface area (Å²) in [5.41, 5.74) is 0. The Morgan fingerprint density at radius 2 is 2.17 bits per heavy atom. The van der Waals surface area contributed by atoms with Crippen LogP contribution >= 0.6 is 23.1 Å². The number of furan rings is 1. The van der Waals surface area contributed by atoms with Crippen molar-refractivity contribution in [3.63, 3.8) is 0 Å². The molecule has 0 aliphatic carbocycles. The van der Waals surface area contributed by atoms with Crippen LogP contribution < -0.4 is 0 Å². The molecule has 0 unspecified atom stereocenters. The van der Waals surface area contributed by atoms with Crippen molar-refractivity contribution in [3.05, 3.63) is 51.9 Å². The maximum atomic E-state index is 12.3. The fraction of sp³-hybridized carbons (Fsp3) is 0.353. The normalized spacial score (nSPS) is 11.3. The number of Topliss-reactive ketones (excluding diaryl/α,β-unsaturated/α-hetero) is 1. The first-order chi connectivity index (χ1) is 11.5. The lowest BCUT2D eigenvalue weighted by Crippen LogP contribution is -2.08. The molecule has 7 heteroatoms. The zero-order valence-corrected chi connectivity index (χ0v) is 15.5. The van der Waals surface area contributed by atoms with Gasteiger partial charge in [-0.2, -0.15) is 0 Å². The lowest BCUT2D eigenvalue weighted by molar-refractivity contribution is 0.102. The molecule has 0 aromatic carbocycles. The molecule has 0 saturated carbocycles. The first-order valence-electron chi connectivity index (χ1n) is 7.72. The molecular weight excluding hydrogens is 342 g/mol. The van der Waals surface area contributed by atoms with Crippen LogP contribution in [0.15, 0.2) is 40.1 Å². The Balaban J connectivity index is 1.76. The van der Waals surface area contributed by atoms with Crippen LogP contribution in [0.3, 0.4) is 0 Å². The Hall–Kier alpha value is -1.86. The zero-order chi connectivity index (χ0) is 17.1. The molecule has 0 aliphatic heterocycles. The summed E-state index contributed by atoms with van der Waals surface area (Å²) in [6, 6.07) is 7.65. The third-order valence-corrected chi connectivity index (χ3v) is 5.51. The highest BCUT2D eigenvalue weighted by Crippen LogP contribution is 2.25. The van der Waals surface area contributed by atoms with Gasteiger partial charge in [0.15, 0.2) is 10.9 Å². The minimum Gasteiger partial charge on any atom is -0.467 e. The SMILES string of the molecule is Cc1ccc(C(=O)CSc2nnc(C(C)C)n2Cc2ccco2)s1. The molecule has 0 fully saturated rings. The van der Waals surface area contributed by atoms with Crippen molar-refractivity contribution in [2.75, 3.05) is 5.75 Å². The number of aromatic nitrogens is 3. The van der Waals surface area contributed by atoms with Gasteiger partial charge < -0.3 is 4.42 Å². The van der Waals surface area contributed by atoms with E-state index in [0.29, 0.717) is 12.3 Å². The minimum absolute atomic E-state index is 0.122. The predicted octanol–water partition coefficient (Wildman–Crippen LogP) is 4.39. The van der Waals surface area contributed by atoms with Gasteiger partial charge in [0.1, 0.15) is 11.6 Å². The van der Waals surface area contributed by atoms with Crippen LogP contribution in [-0.2, 0) is 6.54 Å². The molecule has 3 aromatic rings. The van der Waals surface area contributed by atoms with E-state index in [0.717, 1.165) is 26.5 Å². The monoisotopic (exact) mass is 361 g/mol. The second-order valence-corrected chi connectivity index (χ2v) is 8.01. The number of carbonyl (C=O) groups excluding carboxylic acids is 1. The predicted molar refractivity (Wildman–Crippen MR) is 96.0 cm³/mol. The molecule has 0 aliphatic rings. The number of carbonyl (C=O) groups is 1. The van der Waals surface area contributed by atoms with Crippen molar-refractivity contribution in [2.45, 2.75) is 38.4 Å². The molecule has 0 bridgehead atoms. The van der Waals surface area contributed by atoms with Crippen LogP contribution in [0.25, 0.3) is 0 Å². The fourth-order valence-electron chi connectivity index (χ4n) is 2.33. The smallest absolute Gasteiger partial charge is 0.192 e. The lowest BCUT2D eigenvalue weighted by Gasteiger charge is -2.10. The molecule has 0 spiro atoms. The van der Waals surface area contributed by atoms with Crippen molar-refractivity contribution < 1.29 is 9.21 Å². The van der Waals surface area contributed by atoms with Crippen LogP contribution in [0.1, 0.15) is 45.9 Å². The summed E-state index contributed by atoms with van der Waals surface area (Å²) in [7, 11) is 0. The van der Waals surface area contributed by atoms with E-state index in [-0.39, 0.29) is 11.7 Å². The second-order valence-electron chi connectivity index (χ2n) is 5.78. The maximum Gasteiger partial charge on any atom is 0.192 e. The molecule has 0 amide bonds. The molecular formula is C17H19N3O2S2. The van der Waals surface area contributed by atoms with Crippen molar-refractivity contribution >= 4 is 28.9 Å². The molecule has 126 valence electrons. The summed E-state index contributed by atoms with van der Waals surface area (Å²) in [5.74, 6) is 2.47. The molecule has 3 aromatic heterocycles. The van der Waals surface area contributed by atoms with Gasteiger partial charge in [-0.25, -0.2) is 0 Å². The van der Waals surface area contributed by atoms with Crippen molar-refractivity contribution in [2.24, 2.45) is 0 Å². The third kappa shape index (κ3) is 3.79. The van der Waals surface area contributed by atoms with E-state index < -0.39 is 0 Å². The summed E-state index contributed by atoms with van der Waals surface area (Å²) < 4.78 is 7.47. The number of hydrogen-bond acceptors (Lipinski definition) is 6. The molecule has 3 rings (SSSR count). The van der Waals surface area contributed by atoms with Gasteiger partial charge in [-0.05, 0) is 31.2 Å². The van der Waals surface area contributed by atoms with Gasteiger partial charge >= 0.3 is 0 Å². The van der Waals surface area contributed by atoms with Gasteiger partial charge in [0.2, 0.25) is 0 Å². The molecule has 0 atom stereocenters. The van der Waals surface area contributed by atoms with Crippen LogP contribution in [0.5, 0.6) is 0 Å². The number of hydrogen-bond donors (Lipinski definition) is 0. The number of thiophene rings is 1.